The minimum atomic E-state index is -0.202. The summed E-state index contributed by atoms with van der Waals surface area (Å²) in [6.45, 7) is 1.86. The molecule has 4 nitrogen and oxygen atoms in total. The molecule has 0 atom stereocenters. The number of nitrogen functional groups attached to an aromatic ring is 1. The fourth-order valence-corrected chi connectivity index (χ4v) is 1.63. The molecule has 17 heavy (non-hydrogen) atoms. The van der Waals surface area contributed by atoms with Crippen LogP contribution in [0.3, 0.4) is 0 Å². The molecule has 0 fully saturated rings. The number of nitrogens with two attached hydrogens (primary N) is 1. The van der Waals surface area contributed by atoms with E-state index in [9.17, 15) is 4.79 Å². The van der Waals surface area contributed by atoms with Gasteiger partial charge in [-0.1, -0.05) is 12.1 Å². The van der Waals surface area contributed by atoms with Crippen molar-refractivity contribution in [1.82, 2.24) is 4.98 Å². The maximum atomic E-state index is 12.0. The molecule has 1 heterocycles. The number of anilines is 2. The van der Waals surface area contributed by atoms with Gasteiger partial charge in [-0.2, -0.15) is 0 Å². The molecule has 86 valence electrons. The van der Waals surface area contributed by atoms with Gasteiger partial charge in [0.1, 0.15) is 0 Å². The van der Waals surface area contributed by atoms with E-state index < -0.39 is 0 Å². The number of amides is 1. The number of hydrogen-bond donors (Lipinski definition) is 2. The van der Waals surface area contributed by atoms with Gasteiger partial charge in [-0.3, -0.25) is 9.78 Å². The lowest BCUT2D eigenvalue weighted by molar-refractivity contribution is 0.102. The highest BCUT2D eigenvalue weighted by atomic mass is 16.1. The van der Waals surface area contributed by atoms with Crippen molar-refractivity contribution in [1.29, 1.82) is 0 Å². The maximum absolute atomic E-state index is 12.0. The molecule has 1 aromatic carbocycles. The molecule has 0 radical (unpaired) electrons. The molecule has 2 aromatic rings. The van der Waals surface area contributed by atoms with Crippen LogP contribution in [0, 0.1) is 6.92 Å². The number of nitrogens with one attached hydrogen (secondary N) is 1. The summed E-state index contributed by atoms with van der Waals surface area (Å²) in [6.07, 6.45) is 3.24. The number of carbonyl (C=O) groups excluding carboxylic acids is 1. The molecule has 2 rings (SSSR count). The summed E-state index contributed by atoms with van der Waals surface area (Å²) >= 11 is 0. The third-order valence-electron chi connectivity index (χ3n) is 2.47. The zero-order valence-corrected chi connectivity index (χ0v) is 9.47. The highest BCUT2D eigenvalue weighted by molar-refractivity contribution is 6.08. The Balaban J connectivity index is 2.27. The highest BCUT2D eigenvalue weighted by Gasteiger charge is 2.12. The van der Waals surface area contributed by atoms with Crippen molar-refractivity contribution in [2.24, 2.45) is 0 Å². The van der Waals surface area contributed by atoms with E-state index in [2.05, 4.69) is 10.3 Å². The van der Waals surface area contributed by atoms with Gasteiger partial charge in [0.25, 0.3) is 5.91 Å². The monoisotopic (exact) mass is 227 g/mol. The lowest BCUT2D eigenvalue weighted by Gasteiger charge is -2.09. The number of rotatable bonds is 2. The minimum Gasteiger partial charge on any atom is -0.398 e. The van der Waals surface area contributed by atoms with Gasteiger partial charge in [-0.25, -0.2) is 0 Å². The van der Waals surface area contributed by atoms with Crippen LogP contribution in [0.5, 0.6) is 0 Å². The van der Waals surface area contributed by atoms with Gasteiger partial charge in [0.05, 0.1) is 5.56 Å². The van der Waals surface area contributed by atoms with Crippen LogP contribution in [0.2, 0.25) is 0 Å². The van der Waals surface area contributed by atoms with Crippen molar-refractivity contribution >= 4 is 17.3 Å². The van der Waals surface area contributed by atoms with E-state index in [4.69, 9.17) is 5.73 Å². The van der Waals surface area contributed by atoms with Crippen LogP contribution >= 0.6 is 0 Å². The molecule has 0 spiro atoms. The van der Waals surface area contributed by atoms with Crippen molar-refractivity contribution in [2.45, 2.75) is 6.92 Å². The fourth-order valence-electron chi connectivity index (χ4n) is 1.63. The van der Waals surface area contributed by atoms with Crippen molar-refractivity contribution in [2.75, 3.05) is 11.1 Å². The Labute approximate surface area is 99.5 Å². The summed E-state index contributed by atoms with van der Waals surface area (Å²) in [5.41, 5.74) is 8.36. The molecular formula is C13H13N3O. The van der Waals surface area contributed by atoms with Crippen molar-refractivity contribution < 1.29 is 4.79 Å². The summed E-state index contributed by atoms with van der Waals surface area (Å²) < 4.78 is 0. The van der Waals surface area contributed by atoms with Crippen LogP contribution in [-0.4, -0.2) is 10.9 Å². The maximum Gasteiger partial charge on any atom is 0.258 e. The van der Waals surface area contributed by atoms with Crippen LogP contribution in [0.25, 0.3) is 0 Å². The Morgan fingerprint density at radius 1 is 1.24 bits per heavy atom. The van der Waals surface area contributed by atoms with Crippen molar-refractivity contribution in [3.63, 3.8) is 0 Å². The first kappa shape index (κ1) is 11.1. The Kier molecular flexibility index (Phi) is 3.05. The predicted molar refractivity (Wildman–Crippen MR) is 67.8 cm³/mol. The van der Waals surface area contributed by atoms with Gasteiger partial charge in [-0.15, -0.1) is 0 Å². The van der Waals surface area contributed by atoms with Gasteiger partial charge in [-0.05, 0) is 30.7 Å². The molecule has 0 bridgehead atoms. The molecule has 3 N–H and O–H groups in total. The Morgan fingerprint density at radius 3 is 2.59 bits per heavy atom. The smallest absolute Gasteiger partial charge is 0.258 e. The topological polar surface area (TPSA) is 68.0 Å². The zero-order chi connectivity index (χ0) is 12.3. The van der Waals surface area contributed by atoms with E-state index in [0.717, 1.165) is 5.56 Å². The second-order valence-electron chi connectivity index (χ2n) is 3.73. The van der Waals surface area contributed by atoms with Gasteiger partial charge in [0.2, 0.25) is 0 Å². The Hall–Kier alpha value is -2.36. The SMILES string of the molecule is Cc1cccc(N)c1C(=O)Nc1ccncc1. The standard InChI is InChI=1S/C13H13N3O/c1-9-3-2-4-11(14)12(9)13(17)16-10-5-7-15-8-6-10/h2-8H,14H2,1H3,(H,15,16,17). The van der Waals surface area contributed by atoms with E-state index in [1.807, 2.05) is 19.1 Å². The van der Waals surface area contributed by atoms with Gasteiger partial charge in [0.15, 0.2) is 0 Å². The molecule has 0 aliphatic heterocycles. The normalized spacial score (nSPS) is 9.94. The van der Waals surface area contributed by atoms with E-state index in [0.29, 0.717) is 16.9 Å². The predicted octanol–water partition coefficient (Wildman–Crippen LogP) is 2.22. The minimum absolute atomic E-state index is 0.202. The Bertz CT molecular complexity index is 517. The third kappa shape index (κ3) is 2.42. The molecule has 0 unspecified atom stereocenters. The van der Waals surface area contributed by atoms with E-state index in [-0.39, 0.29) is 5.91 Å². The summed E-state index contributed by atoms with van der Waals surface area (Å²) in [5.74, 6) is -0.202. The van der Waals surface area contributed by atoms with Gasteiger partial charge >= 0.3 is 0 Å². The molecular weight excluding hydrogens is 214 g/mol. The molecule has 1 amide bonds. The number of carbonyl (C=O) groups is 1. The lowest BCUT2D eigenvalue weighted by atomic mass is 10.1. The molecule has 1 aromatic heterocycles. The first-order chi connectivity index (χ1) is 8.18. The Morgan fingerprint density at radius 2 is 1.94 bits per heavy atom. The van der Waals surface area contributed by atoms with Crippen LogP contribution in [0.15, 0.2) is 42.7 Å². The third-order valence-corrected chi connectivity index (χ3v) is 2.47. The molecule has 0 aliphatic carbocycles. The first-order valence-electron chi connectivity index (χ1n) is 5.25. The average Bonchev–Trinajstić information content (AvgIpc) is 2.30. The number of pyridine rings is 1. The summed E-state index contributed by atoms with van der Waals surface area (Å²) in [4.78, 5) is 15.9. The number of aromatic nitrogens is 1. The highest BCUT2D eigenvalue weighted by Crippen LogP contribution is 2.17. The summed E-state index contributed by atoms with van der Waals surface area (Å²) in [5, 5.41) is 2.78. The van der Waals surface area contributed by atoms with E-state index in [1.165, 1.54) is 0 Å². The summed E-state index contributed by atoms with van der Waals surface area (Å²) in [6, 6.07) is 8.86. The average molecular weight is 227 g/mol. The molecule has 0 aliphatic rings. The van der Waals surface area contributed by atoms with Gasteiger partial charge in [0, 0.05) is 23.8 Å². The largest absolute Gasteiger partial charge is 0.398 e. The quantitative estimate of drug-likeness (QED) is 0.773. The van der Waals surface area contributed by atoms with Crippen LogP contribution < -0.4 is 11.1 Å². The van der Waals surface area contributed by atoms with Gasteiger partial charge < -0.3 is 11.1 Å². The lowest BCUT2D eigenvalue weighted by Crippen LogP contribution is -2.15. The summed E-state index contributed by atoms with van der Waals surface area (Å²) in [7, 11) is 0. The molecule has 4 heteroatoms. The van der Waals surface area contributed by atoms with Crippen LogP contribution in [0.4, 0.5) is 11.4 Å². The molecule has 0 saturated heterocycles. The van der Waals surface area contributed by atoms with Crippen molar-refractivity contribution in [3.05, 3.63) is 53.9 Å². The second-order valence-corrected chi connectivity index (χ2v) is 3.73. The van der Waals surface area contributed by atoms with Crippen LogP contribution in [-0.2, 0) is 0 Å². The number of hydrogen-bond acceptors (Lipinski definition) is 3. The number of aryl methyl sites for hydroxylation is 1. The number of nitrogens with zero attached hydrogens (tertiary/aromatic N) is 1. The van der Waals surface area contributed by atoms with Crippen LogP contribution in [0.1, 0.15) is 15.9 Å². The van der Waals surface area contributed by atoms with Crippen molar-refractivity contribution in [3.8, 4) is 0 Å². The fraction of sp³-hybridized carbons (Fsp3) is 0.0769. The first-order valence-corrected chi connectivity index (χ1v) is 5.25. The zero-order valence-electron chi connectivity index (χ0n) is 9.47. The van der Waals surface area contributed by atoms with E-state index >= 15 is 0 Å². The second kappa shape index (κ2) is 4.65. The molecule has 0 saturated carbocycles. The van der Waals surface area contributed by atoms with E-state index in [1.54, 1.807) is 30.6 Å². The number of benzene rings is 1.